The number of ether oxygens (including phenoxy) is 1. The van der Waals surface area contributed by atoms with E-state index in [1.54, 1.807) is 36.2 Å². The lowest BCUT2D eigenvalue weighted by Crippen LogP contribution is -2.27. The molecular formula is C28H33N3O3. The lowest BCUT2D eigenvalue weighted by Gasteiger charge is -2.24. The van der Waals surface area contributed by atoms with Gasteiger partial charge in [0.15, 0.2) is 0 Å². The van der Waals surface area contributed by atoms with Crippen molar-refractivity contribution < 1.29 is 14.3 Å². The number of benzene rings is 2. The molecule has 6 nitrogen and oxygen atoms in total. The van der Waals surface area contributed by atoms with Crippen molar-refractivity contribution in [2.75, 3.05) is 25.5 Å². The number of unbranched alkanes of at least 4 members (excludes halogenated alkanes) is 1. The highest BCUT2D eigenvalue weighted by atomic mass is 16.5. The van der Waals surface area contributed by atoms with Crippen molar-refractivity contribution in [3.63, 3.8) is 0 Å². The highest BCUT2D eigenvalue weighted by Crippen LogP contribution is 2.30. The van der Waals surface area contributed by atoms with Gasteiger partial charge in [-0.25, -0.2) is 0 Å². The van der Waals surface area contributed by atoms with Gasteiger partial charge in [-0.15, -0.1) is 6.42 Å². The van der Waals surface area contributed by atoms with Crippen molar-refractivity contribution in [1.29, 1.82) is 5.41 Å². The molecule has 1 amide bonds. The molecule has 2 aromatic carbocycles. The topological polar surface area (TPSA) is 82.5 Å². The first kappa shape index (κ1) is 25.0. The monoisotopic (exact) mass is 459 g/mol. The number of amides is 1. The second-order valence-electron chi connectivity index (χ2n) is 8.81. The normalized spacial score (nSPS) is 14.4. The van der Waals surface area contributed by atoms with Gasteiger partial charge in [0.1, 0.15) is 5.84 Å². The van der Waals surface area contributed by atoms with Crippen LogP contribution < -0.4 is 5.32 Å². The minimum absolute atomic E-state index is 0.102. The van der Waals surface area contributed by atoms with Gasteiger partial charge in [-0.1, -0.05) is 37.5 Å². The fourth-order valence-electron chi connectivity index (χ4n) is 4.13. The molecule has 0 fully saturated rings. The molecule has 1 aliphatic carbocycles. The van der Waals surface area contributed by atoms with E-state index in [1.165, 1.54) is 11.1 Å². The number of carbonyl (C=O) groups excluding carboxylic acids is 2. The maximum atomic E-state index is 12.7. The van der Waals surface area contributed by atoms with Crippen molar-refractivity contribution in [3.8, 4) is 12.3 Å². The fourth-order valence-corrected chi connectivity index (χ4v) is 4.13. The summed E-state index contributed by atoms with van der Waals surface area (Å²) in [7, 11) is 1.76. The summed E-state index contributed by atoms with van der Waals surface area (Å²) >= 11 is 0. The minimum Gasteiger partial charge on any atom is -0.466 e. The Bertz CT molecular complexity index is 1070. The average Bonchev–Trinajstić information content (AvgIpc) is 2.84. The van der Waals surface area contributed by atoms with Gasteiger partial charge < -0.3 is 15.0 Å². The van der Waals surface area contributed by atoms with E-state index < -0.39 is 0 Å². The van der Waals surface area contributed by atoms with Gasteiger partial charge in [0.2, 0.25) is 0 Å². The number of fused-ring (bicyclic) bond motifs is 1. The van der Waals surface area contributed by atoms with Crippen LogP contribution in [0.5, 0.6) is 0 Å². The van der Waals surface area contributed by atoms with Gasteiger partial charge in [-0.05, 0) is 67.0 Å². The van der Waals surface area contributed by atoms with Crippen LogP contribution in [0.4, 0.5) is 5.69 Å². The van der Waals surface area contributed by atoms with Crippen LogP contribution >= 0.6 is 0 Å². The summed E-state index contributed by atoms with van der Waals surface area (Å²) in [5.74, 6) is 2.84. The maximum Gasteiger partial charge on any atom is 0.306 e. The second-order valence-corrected chi connectivity index (χ2v) is 8.81. The standard InChI is InChI=1S/C28H33N3O3/c1-4-6-16-34-26(32)18-20-7-8-24-19-25(14-13-23(24)17-20)30-28(33)22-11-9-21(10-12-22)27(29)31(3)15-5-2/h2,9-14,19-20,29H,4,6-8,15-18H2,1,3H3,(H,30,33). The molecule has 0 saturated heterocycles. The molecule has 2 aromatic rings. The first-order chi connectivity index (χ1) is 16.4. The minimum atomic E-state index is -0.196. The van der Waals surface area contributed by atoms with E-state index in [1.807, 2.05) is 18.2 Å². The van der Waals surface area contributed by atoms with Crippen LogP contribution in [-0.2, 0) is 22.4 Å². The zero-order chi connectivity index (χ0) is 24.5. The number of amidine groups is 1. The van der Waals surface area contributed by atoms with Crippen molar-refractivity contribution >= 4 is 23.4 Å². The number of anilines is 1. The van der Waals surface area contributed by atoms with E-state index in [4.69, 9.17) is 16.6 Å². The molecule has 2 N–H and O–H groups in total. The maximum absolute atomic E-state index is 12.7. The van der Waals surface area contributed by atoms with Crippen LogP contribution in [0.15, 0.2) is 42.5 Å². The summed E-state index contributed by atoms with van der Waals surface area (Å²) < 4.78 is 5.31. The number of carbonyl (C=O) groups is 2. The molecule has 178 valence electrons. The van der Waals surface area contributed by atoms with E-state index in [2.05, 4.69) is 18.2 Å². The number of nitrogens with zero attached hydrogens (tertiary/aromatic N) is 1. The molecule has 6 heteroatoms. The van der Waals surface area contributed by atoms with Crippen molar-refractivity contribution in [2.45, 2.75) is 45.4 Å². The summed E-state index contributed by atoms with van der Waals surface area (Å²) in [6, 6.07) is 12.9. The Morgan fingerprint density at radius 3 is 2.62 bits per heavy atom. The van der Waals surface area contributed by atoms with Gasteiger partial charge in [0.25, 0.3) is 5.91 Å². The average molecular weight is 460 g/mol. The number of terminal acetylenes is 1. The predicted molar refractivity (Wildman–Crippen MR) is 135 cm³/mol. The number of aryl methyl sites for hydroxylation is 1. The summed E-state index contributed by atoms with van der Waals surface area (Å²) in [5, 5.41) is 11.1. The molecule has 0 aromatic heterocycles. The van der Waals surface area contributed by atoms with Gasteiger partial charge >= 0.3 is 5.97 Å². The summed E-state index contributed by atoms with van der Waals surface area (Å²) in [6.07, 6.45) is 10.4. The third kappa shape index (κ3) is 6.71. The third-order valence-electron chi connectivity index (χ3n) is 6.14. The van der Waals surface area contributed by atoms with Crippen LogP contribution in [0.2, 0.25) is 0 Å². The molecular weight excluding hydrogens is 426 g/mol. The lowest BCUT2D eigenvalue weighted by molar-refractivity contribution is -0.145. The quantitative estimate of drug-likeness (QED) is 0.188. The zero-order valence-corrected chi connectivity index (χ0v) is 20.0. The van der Waals surface area contributed by atoms with Crippen LogP contribution in [0, 0.1) is 23.7 Å². The fraction of sp³-hybridized carbons (Fsp3) is 0.393. The molecule has 34 heavy (non-hydrogen) atoms. The van der Waals surface area contributed by atoms with E-state index >= 15 is 0 Å². The van der Waals surface area contributed by atoms with Gasteiger partial charge in [-0.3, -0.25) is 15.0 Å². The molecule has 0 saturated carbocycles. The lowest BCUT2D eigenvalue weighted by atomic mass is 9.82. The first-order valence-corrected chi connectivity index (χ1v) is 11.8. The van der Waals surface area contributed by atoms with Crippen molar-refractivity contribution in [2.24, 2.45) is 5.92 Å². The molecule has 1 aliphatic rings. The number of rotatable bonds is 9. The van der Waals surface area contributed by atoms with E-state index in [-0.39, 0.29) is 11.9 Å². The molecule has 0 heterocycles. The number of hydrogen-bond donors (Lipinski definition) is 2. The Morgan fingerprint density at radius 1 is 1.18 bits per heavy atom. The number of esters is 1. The van der Waals surface area contributed by atoms with Crippen LogP contribution in [0.25, 0.3) is 0 Å². The Hall–Kier alpha value is -3.59. The molecule has 0 radical (unpaired) electrons. The largest absolute Gasteiger partial charge is 0.466 e. The molecule has 1 unspecified atom stereocenters. The SMILES string of the molecule is C#CCN(C)C(=N)c1ccc(C(=O)Nc2ccc3c(c2)CCC(CC(=O)OCCCC)C3)cc1. The molecule has 0 aliphatic heterocycles. The Balaban J connectivity index is 1.56. The molecule has 0 bridgehead atoms. The molecule has 1 atom stereocenters. The van der Waals surface area contributed by atoms with E-state index in [0.717, 1.165) is 37.8 Å². The van der Waals surface area contributed by atoms with Gasteiger partial charge in [0.05, 0.1) is 13.2 Å². The van der Waals surface area contributed by atoms with Crippen LogP contribution in [-0.4, -0.2) is 42.8 Å². The first-order valence-electron chi connectivity index (χ1n) is 11.8. The van der Waals surface area contributed by atoms with Gasteiger partial charge in [-0.2, -0.15) is 0 Å². The highest BCUT2D eigenvalue weighted by molar-refractivity contribution is 6.05. The molecule has 0 spiro atoms. The zero-order valence-electron chi connectivity index (χ0n) is 20.0. The van der Waals surface area contributed by atoms with E-state index in [9.17, 15) is 9.59 Å². The summed E-state index contributed by atoms with van der Waals surface area (Å²) in [6.45, 7) is 2.94. The van der Waals surface area contributed by atoms with E-state index in [0.29, 0.717) is 42.5 Å². The van der Waals surface area contributed by atoms with Crippen LogP contribution in [0.1, 0.15) is 59.7 Å². The Labute approximate surface area is 202 Å². The smallest absolute Gasteiger partial charge is 0.306 e. The number of hydrogen-bond acceptors (Lipinski definition) is 4. The van der Waals surface area contributed by atoms with Crippen molar-refractivity contribution in [3.05, 3.63) is 64.7 Å². The Morgan fingerprint density at radius 2 is 1.91 bits per heavy atom. The third-order valence-corrected chi connectivity index (χ3v) is 6.14. The second kappa shape index (κ2) is 12.0. The Kier molecular flexibility index (Phi) is 8.86. The summed E-state index contributed by atoms with van der Waals surface area (Å²) in [5.41, 5.74) is 4.43. The van der Waals surface area contributed by atoms with Crippen molar-refractivity contribution in [1.82, 2.24) is 4.90 Å². The number of nitrogens with one attached hydrogen (secondary N) is 2. The predicted octanol–water partition coefficient (Wildman–Crippen LogP) is 4.67. The summed E-state index contributed by atoms with van der Waals surface area (Å²) in [4.78, 5) is 26.4. The van der Waals surface area contributed by atoms with Crippen LogP contribution in [0.3, 0.4) is 0 Å². The molecule has 3 rings (SSSR count). The highest BCUT2D eigenvalue weighted by Gasteiger charge is 2.22. The van der Waals surface area contributed by atoms with Gasteiger partial charge in [0, 0.05) is 30.3 Å².